The minimum atomic E-state index is 0.867. The Morgan fingerprint density at radius 3 is 2.68 bits per heavy atom. The first kappa shape index (κ1) is 14.1. The molecular weight excluding hydrogens is 304 g/mol. The maximum atomic E-state index is 4.33. The number of aromatic nitrogens is 2. The van der Waals surface area contributed by atoms with E-state index in [4.69, 9.17) is 0 Å². The Morgan fingerprint density at radius 2 is 2.05 bits per heavy atom. The monoisotopic (exact) mass is 322 g/mol. The molecule has 19 heavy (non-hydrogen) atoms. The van der Waals surface area contributed by atoms with Gasteiger partial charge < -0.3 is 9.88 Å². The van der Waals surface area contributed by atoms with Crippen LogP contribution < -0.4 is 5.32 Å². The minimum absolute atomic E-state index is 0.867. The molecule has 2 aromatic rings. The SMILES string of the molecule is CN(CCNc1ccc(Br)cc1)Cc1nccn1C. The molecule has 0 spiro atoms. The largest absolute Gasteiger partial charge is 0.384 e. The van der Waals surface area contributed by atoms with E-state index in [0.717, 1.165) is 35.6 Å². The fraction of sp³-hybridized carbons (Fsp3) is 0.357. The zero-order valence-corrected chi connectivity index (χ0v) is 12.9. The van der Waals surface area contributed by atoms with E-state index in [-0.39, 0.29) is 0 Å². The summed E-state index contributed by atoms with van der Waals surface area (Å²) in [5.74, 6) is 1.09. The number of benzene rings is 1. The fourth-order valence-corrected chi connectivity index (χ4v) is 2.09. The van der Waals surface area contributed by atoms with Gasteiger partial charge in [0, 0.05) is 42.7 Å². The predicted octanol–water partition coefficient (Wildman–Crippen LogP) is 2.73. The molecule has 1 aromatic heterocycles. The number of imidazole rings is 1. The van der Waals surface area contributed by atoms with Gasteiger partial charge in [-0.1, -0.05) is 15.9 Å². The molecule has 0 aliphatic carbocycles. The van der Waals surface area contributed by atoms with Gasteiger partial charge in [-0.05, 0) is 31.3 Å². The van der Waals surface area contributed by atoms with Gasteiger partial charge in [0.05, 0.1) is 6.54 Å². The van der Waals surface area contributed by atoms with Crippen LogP contribution in [-0.2, 0) is 13.6 Å². The van der Waals surface area contributed by atoms with Crippen molar-refractivity contribution in [2.75, 3.05) is 25.5 Å². The third-order valence-electron chi connectivity index (χ3n) is 3.00. The van der Waals surface area contributed by atoms with Crippen molar-refractivity contribution in [1.82, 2.24) is 14.5 Å². The first-order valence-electron chi connectivity index (χ1n) is 6.29. The van der Waals surface area contributed by atoms with Crippen molar-refractivity contribution in [3.8, 4) is 0 Å². The number of anilines is 1. The van der Waals surface area contributed by atoms with Crippen molar-refractivity contribution < 1.29 is 0 Å². The summed E-state index contributed by atoms with van der Waals surface area (Å²) in [5, 5.41) is 3.41. The van der Waals surface area contributed by atoms with E-state index >= 15 is 0 Å². The molecule has 1 aromatic carbocycles. The number of rotatable bonds is 6. The number of nitrogens with zero attached hydrogens (tertiary/aromatic N) is 3. The smallest absolute Gasteiger partial charge is 0.122 e. The first-order valence-corrected chi connectivity index (χ1v) is 7.08. The Morgan fingerprint density at radius 1 is 1.32 bits per heavy atom. The van der Waals surface area contributed by atoms with Crippen LogP contribution in [0.2, 0.25) is 0 Å². The molecule has 0 aliphatic heterocycles. The van der Waals surface area contributed by atoms with Gasteiger partial charge in [0.2, 0.25) is 0 Å². The normalized spacial score (nSPS) is 10.9. The lowest BCUT2D eigenvalue weighted by molar-refractivity contribution is 0.327. The van der Waals surface area contributed by atoms with Crippen molar-refractivity contribution in [3.05, 3.63) is 47.0 Å². The molecule has 5 heteroatoms. The van der Waals surface area contributed by atoms with E-state index in [1.807, 2.05) is 31.6 Å². The van der Waals surface area contributed by atoms with Crippen LogP contribution in [0.5, 0.6) is 0 Å². The van der Waals surface area contributed by atoms with Crippen LogP contribution in [0.25, 0.3) is 0 Å². The molecule has 1 N–H and O–H groups in total. The number of halogens is 1. The second-order valence-electron chi connectivity index (χ2n) is 4.63. The lowest BCUT2D eigenvalue weighted by atomic mass is 10.3. The van der Waals surface area contributed by atoms with Crippen molar-refractivity contribution in [1.29, 1.82) is 0 Å². The zero-order valence-electron chi connectivity index (χ0n) is 11.3. The highest BCUT2D eigenvalue weighted by atomic mass is 79.9. The highest BCUT2D eigenvalue weighted by Crippen LogP contribution is 2.13. The van der Waals surface area contributed by atoms with E-state index in [1.165, 1.54) is 0 Å². The number of nitrogens with one attached hydrogen (secondary N) is 1. The van der Waals surface area contributed by atoms with Gasteiger partial charge in [-0.3, -0.25) is 4.90 Å². The Labute approximate surface area is 122 Å². The van der Waals surface area contributed by atoms with Gasteiger partial charge in [-0.15, -0.1) is 0 Å². The lowest BCUT2D eigenvalue weighted by Gasteiger charge is -2.17. The quantitative estimate of drug-likeness (QED) is 0.887. The fourth-order valence-electron chi connectivity index (χ4n) is 1.83. The third-order valence-corrected chi connectivity index (χ3v) is 3.53. The molecule has 1 heterocycles. The summed E-state index contributed by atoms with van der Waals surface area (Å²) in [4.78, 5) is 6.59. The molecule has 0 atom stereocenters. The van der Waals surface area contributed by atoms with Gasteiger partial charge in [-0.2, -0.15) is 0 Å². The van der Waals surface area contributed by atoms with Crippen LogP contribution in [0.15, 0.2) is 41.1 Å². The van der Waals surface area contributed by atoms with E-state index in [2.05, 4.69) is 54.9 Å². The predicted molar refractivity (Wildman–Crippen MR) is 82.2 cm³/mol. The molecular formula is C14H19BrN4. The Kier molecular flexibility index (Phi) is 4.99. The van der Waals surface area contributed by atoms with Crippen LogP contribution in [0.1, 0.15) is 5.82 Å². The molecule has 0 saturated carbocycles. The average molecular weight is 323 g/mol. The molecule has 0 unspecified atom stereocenters. The van der Waals surface area contributed by atoms with Gasteiger partial charge in [0.15, 0.2) is 0 Å². The topological polar surface area (TPSA) is 33.1 Å². The molecule has 102 valence electrons. The third kappa shape index (κ3) is 4.36. The van der Waals surface area contributed by atoms with Crippen molar-refractivity contribution in [2.24, 2.45) is 7.05 Å². The van der Waals surface area contributed by atoms with E-state index in [1.54, 1.807) is 0 Å². The second kappa shape index (κ2) is 6.73. The van der Waals surface area contributed by atoms with E-state index < -0.39 is 0 Å². The molecule has 0 aliphatic rings. The Balaban J connectivity index is 1.73. The number of aryl methyl sites for hydroxylation is 1. The number of likely N-dealkylation sites (N-methyl/N-ethyl adjacent to an activating group) is 1. The molecule has 4 nitrogen and oxygen atoms in total. The highest BCUT2D eigenvalue weighted by molar-refractivity contribution is 9.10. The Hall–Kier alpha value is -1.33. The second-order valence-corrected chi connectivity index (χ2v) is 5.54. The summed E-state index contributed by atoms with van der Waals surface area (Å²) < 4.78 is 3.16. The Bertz CT molecular complexity index is 506. The molecule has 0 amide bonds. The zero-order chi connectivity index (χ0) is 13.7. The first-order chi connectivity index (χ1) is 9.15. The van der Waals surface area contributed by atoms with E-state index in [0.29, 0.717) is 0 Å². The van der Waals surface area contributed by atoms with E-state index in [9.17, 15) is 0 Å². The maximum absolute atomic E-state index is 4.33. The summed E-state index contributed by atoms with van der Waals surface area (Å²) in [7, 11) is 4.13. The summed E-state index contributed by atoms with van der Waals surface area (Å²) in [5.41, 5.74) is 1.15. The molecule has 0 fully saturated rings. The van der Waals surface area contributed by atoms with Gasteiger partial charge in [0.25, 0.3) is 0 Å². The van der Waals surface area contributed by atoms with Crippen molar-refractivity contribution >= 4 is 21.6 Å². The van der Waals surface area contributed by atoms with Crippen molar-refractivity contribution in [3.63, 3.8) is 0 Å². The van der Waals surface area contributed by atoms with Gasteiger partial charge >= 0.3 is 0 Å². The highest BCUT2D eigenvalue weighted by Gasteiger charge is 2.03. The molecule has 0 bridgehead atoms. The van der Waals surface area contributed by atoms with Crippen LogP contribution >= 0.6 is 15.9 Å². The van der Waals surface area contributed by atoms with Gasteiger partial charge in [0.1, 0.15) is 5.82 Å². The van der Waals surface area contributed by atoms with Gasteiger partial charge in [-0.25, -0.2) is 4.98 Å². The van der Waals surface area contributed by atoms with Crippen LogP contribution in [0.3, 0.4) is 0 Å². The molecule has 0 saturated heterocycles. The molecule has 0 radical (unpaired) electrons. The number of hydrogen-bond donors (Lipinski definition) is 1. The maximum Gasteiger partial charge on any atom is 0.122 e. The lowest BCUT2D eigenvalue weighted by Crippen LogP contribution is -2.26. The standard InChI is InChI=1S/C14H19BrN4/c1-18(11-14-17-8-10-19(14)2)9-7-16-13-5-3-12(15)4-6-13/h3-6,8,10,16H,7,9,11H2,1-2H3. The summed E-state index contributed by atoms with van der Waals surface area (Å²) in [6.07, 6.45) is 3.81. The van der Waals surface area contributed by atoms with Crippen LogP contribution in [0.4, 0.5) is 5.69 Å². The average Bonchev–Trinajstić information content (AvgIpc) is 2.78. The number of hydrogen-bond acceptors (Lipinski definition) is 3. The minimum Gasteiger partial charge on any atom is -0.384 e. The molecule has 2 rings (SSSR count). The summed E-state index contributed by atoms with van der Waals surface area (Å²) >= 11 is 3.43. The summed E-state index contributed by atoms with van der Waals surface area (Å²) in [6.45, 7) is 2.76. The van der Waals surface area contributed by atoms with Crippen LogP contribution in [0, 0.1) is 0 Å². The van der Waals surface area contributed by atoms with Crippen LogP contribution in [-0.4, -0.2) is 34.6 Å². The van der Waals surface area contributed by atoms with Crippen molar-refractivity contribution in [2.45, 2.75) is 6.54 Å². The summed E-state index contributed by atoms with van der Waals surface area (Å²) in [6, 6.07) is 8.23.